The highest BCUT2D eigenvalue weighted by Gasteiger charge is 2.33. The number of methoxy groups -OCH3 is 1. The molecule has 18 heavy (non-hydrogen) atoms. The molecule has 1 fully saturated rings. The number of rotatable bonds is 7. The van der Waals surface area contributed by atoms with Crippen molar-refractivity contribution < 1.29 is 4.74 Å². The average Bonchev–Trinajstić information content (AvgIpc) is 2.36. The number of likely N-dealkylation sites (tertiary alicyclic amines) is 1. The van der Waals surface area contributed by atoms with Crippen molar-refractivity contribution in [2.24, 2.45) is 11.7 Å². The standard InChI is InChI=1S/C14H31N3O/c1-14(12-15,7-10-18-4)17-8-5-13(6-9-17)11-16(2)3/h13H,5-12,15H2,1-4H3. The van der Waals surface area contributed by atoms with E-state index in [0.717, 1.165) is 18.9 Å². The first-order chi connectivity index (χ1) is 8.51. The van der Waals surface area contributed by atoms with Crippen molar-refractivity contribution in [2.75, 3.05) is 54.0 Å². The van der Waals surface area contributed by atoms with Gasteiger partial charge >= 0.3 is 0 Å². The summed E-state index contributed by atoms with van der Waals surface area (Å²) < 4.78 is 5.22. The predicted octanol–water partition coefficient (Wildman–Crippen LogP) is 1.01. The molecule has 1 unspecified atom stereocenters. The molecule has 0 aromatic rings. The molecule has 1 aliphatic heterocycles. The molecule has 4 heteroatoms. The van der Waals surface area contributed by atoms with Gasteiger partial charge in [-0.1, -0.05) is 0 Å². The van der Waals surface area contributed by atoms with E-state index in [1.165, 1.54) is 32.5 Å². The molecule has 1 atom stereocenters. The Morgan fingerprint density at radius 1 is 1.33 bits per heavy atom. The Hall–Kier alpha value is -0.160. The Labute approximate surface area is 112 Å². The predicted molar refractivity (Wildman–Crippen MR) is 76.8 cm³/mol. The minimum atomic E-state index is 0.110. The molecule has 0 amide bonds. The molecule has 0 aromatic heterocycles. The maximum atomic E-state index is 5.99. The van der Waals surface area contributed by atoms with Gasteiger partial charge in [-0.2, -0.15) is 0 Å². The second-order valence-electron chi connectivity index (χ2n) is 6.14. The first-order valence-electron chi connectivity index (χ1n) is 7.10. The third-order valence-electron chi connectivity index (χ3n) is 4.29. The van der Waals surface area contributed by atoms with Gasteiger partial charge in [-0.3, -0.25) is 4.90 Å². The molecular formula is C14H31N3O. The van der Waals surface area contributed by atoms with Gasteiger partial charge in [0.05, 0.1) is 0 Å². The highest BCUT2D eigenvalue weighted by atomic mass is 16.5. The van der Waals surface area contributed by atoms with E-state index in [-0.39, 0.29) is 5.54 Å². The van der Waals surface area contributed by atoms with Crippen LogP contribution in [0.2, 0.25) is 0 Å². The molecule has 0 bridgehead atoms. The lowest BCUT2D eigenvalue weighted by Crippen LogP contribution is -2.55. The van der Waals surface area contributed by atoms with Crippen LogP contribution in [0.15, 0.2) is 0 Å². The number of hydrogen-bond acceptors (Lipinski definition) is 4. The first-order valence-corrected chi connectivity index (χ1v) is 7.10. The fraction of sp³-hybridized carbons (Fsp3) is 1.00. The summed E-state index contributed by atoms with van der Waals surface area (Å²) in [4.78, 5) is 4.87. The molecule has 4 nitrogen and oxygen atoms in total. The average molecular weight is 257 g/mol. The Bertz CT molecular complexity index is 227. The van der Waals surface area contributed by atoms with Crippen LogP contribution in [0.5, 0.6) is 0 Å². The van der Waals surface area contributed by atoms with Crippen molar-refractivity contribution in [2.45, 2.75) is 31.7 Å². The van der Waals surface area contributed by atoms with Crippen LogP contribution in [0, 0.1) is 5.92 Å². The molecule has 1 rings (SSSR count). The topological polar surface area (TPSA) is 41.7 Å². The fourth-order valence-electron chi connectivity index (χ4n) is 2.88. The molecule has 0 saturated carbocycles. The summed E-state index contributed by atoms with van der Waals surface area (Å²) in [5, 5.41) is 0. The lowest BCUT2D eigenvalue weighted by Gasteiger charge is -2.45. The molecule has 2 N–H and O–H groups in total. The van der Waals surface area contributed by atoms with Gasteiger partial charge in [0, 0.05) is 32.3 Å². The minimum absolute atomic E-state index is 0.110. The van der Waals surface area contributed by atoms with E-state index in [2.05, 4.69) is 30.8 Å². The molecule has 1 aliphatic rings. The number of nitrogens with zero attached hydrogens (tertiary/aromatic N) is 2. The monoisotopic (exact) mass is 257 g/mol. The SMILES string of the molecule is COCCC(C)(CN)N1CCC(CN(C)C)CC1. The van der Waals surface area contributed by atoms with Gasteiger partial charge in [-0.05, 0) is 59.3 Å². The number of ether oxygens (including phenoxy) is 1. The Kier molecular flexibility index (Phi) is 6.57. The summed E-state index contributed by atoms with van der Waals surface area (Å²) in [5.41, 5.74) is 6.10. The molecule has 1 saturated heterocycles. The third kappa shape index (κ3) is 4.50. The van der Waals surface area contributed by atoms with E-state index in [9.17, 15) is 0 Å². The molecule has 1 heterocycles. The highest BCUT2D eigenvalue weighted by Crippen LogP contribution is 2.26. The van der Waals surface area contributed by atoms with Gasteiger partial charge < -0.3 is 15.4 Å². The second kappa shape index (κ2) is 7.43. The Morgan fingerprint density at radius 2 is 1.94 bits per heavy atom. The van der Waals surface area contributed by atoms with Crippen LogP contribution in [-0.4, -0.2) is 69.3 Å². The van der Waals surface area contributed by atoms with Crippen LogP contribution in [0.25, 0.3) is 0 Å². The van der Waals surface area contributed by atoms with Crippen molar-refractivity contribution in [1.82, 2.24) is 9.80 Å². The van der Waals surface area contributed by atoms with Crippen molar-refractivity contribution in [3.63, 3.8) is 0 Å². The highest BCUT2D eigenvalue weighted by molar-refractivity contribution is 4.90. The molecule has 0 radical (unpaired) electrons. The van der Waals surface area contributed by atoms with Crippen molar-refractivity contribution in [3.05, 3.63) is 0 Å². The largest absolute Gasteiger partial charge is 0.385 e. The summed E-state index contributed by atoms with van der Waals surface area (Å²) in [7, 11) is 6.09. The van der Waals surface area contributed by atoms with Gasteiger partial charge in [0.15, 0.2) is 0 Å². The normalized spacial score (nSPS) is 22.3. The van der Waals surface area contributed by atoms with E-state index >= 15 is 0 Å². The van der Waals surface area contributed by atoms with Crippen LogP contribution in [0.4, 0.5) is 0 Å². The Balaban J connectivity index is 2.44. The summed E-state index contributed by atoms with van der Waals surface area (Å²) in [6.07, 6.45) is 3.61. The van der Waals surface area contributed by atoms with Crippen molar-refractivity contribution in [1.29, 1.82) is 0 Å². The van der Waals surface area contributed by atoms with E-state index < -0.39 is 0 Å². The number of nitrogens with two attached hydrogens (primary N) is 1. The lowest BCUT2D eigenvalue weighted by molar-refractivity contribution is 0.0367. The zero-order valence-corrected chi connectivity index (χ0v) is 12.6. The van der Waals surface area contributed by atoms with Gasteiger partial charge in [0.25, 0.3) is 0 Å². The molecule has 108 valence electrons. The van der Waals surface area contributed by atoms with E-state index in [0.29, 0.717) is 6.54 Å². The van der Waals surface area contributed by atoms with Crippen molar-refractivity contribution in [3.8, 4) is 0 Å². The second-order valence-corrected chi connectivity index (χ2v) is 6.14. The maximum Gasteiger partial charge on any atom is 0.0480 e. The first kappa shape index (κ1) is 15.9. The number of piperidine rings is 1. The minimum Gasteiger partial charge on any atom is -0.385 e. The molecule has 0 spiro atoms. The lowest BCUT2D eigenvalue weighted by atomic mass is 9.89. The zero-order chi connectivity index (χ0) is 13.6. The number of hydrogen-bond donors (Lipinski definition) is 1. The summed E-state index contributed by atoms with van der Waals surface area (Å²) in [6, 6.07) is 0. The third-order valence-corrected chi connectivity index (χ3v) is 4.29. The van der Waals surface area contributed by atoms with Crippen LogP contribution in [0.3, 0.4) is 0 Å². The molecule has 0 aromatic carbocycles. The summed E-state index contributed by atoms with van der Waals surface area (Å²) >= 11 is 0. The van der Waals surface area contributed by atoms with Crippen LogP contribution in [0.1, 0.15) is 26.2 Å². The smallest absolute Gasteiger partial charge is 0.0480 e. The van der Waals surface area contributed by atoms with Crippen LogP contribution < -0.4 is 5.73 Å². The zero-order valence-electron chi connectivity index (χ0n) is 12.6. The van der Waals surface area contributed by atoms with Gasteiger partial charge in [0.2, 0.25) is 0 Å². The fourth-order valence-corrected chi connectivity index (χ4v) is 2.88. The van der Waals surface area contributed by atoms with Crippen molar-refractivity contribution >= 4 is 0 Å². The van der Waals surface area contributed by atoms with E-state index in [4.69, 9.17) is 10.5 Å². The van der Waals surface area contributed by atoms with Gasteiger partial charge in [-0.25, -0.2) is 0 Å². The van der Waals surface area contributed by atoms with Gasteiger partial charge in [0.1, 0.15) is 0 Å². The van der Waals surface area contributed by atoms with E-state index in [1.807, 2.05) is 0 Å². The summed E-state index contributed by atoms with van der Waals surface area (Å²) in [5.74, 6) is 0.848. The quantitative estimate of drug-likeness (QED) is 0.739. The summed E-state index contributed by atoms with van der Waals surface area (Å²) in [6.45, 7) is 7.36. The van der Waals surface area contributed by atoms with Crippen LogP contribution in [-0.2, 0) is 4.74 Å². The van der Waals surface area contributed by atoms with Crippen LogP contribution >= 0.6 is 0 Å². The maximum absolute atomic E-state index is 5.99. The van der Waals surface area contributed by atoms with E-state index in [1.54, 1.807) is 7.11 Å². The van der Waals surface area contributed by atoms with Gasteiger partial charge in [-0.15, -0.1) is 0 Å². The molecular weight excluding hydrogens is 226 g/mol. The molecule has 0 aliphatic carbocycles. The Morgan fingerprint density at radius 3 is 2.39 bits per heavy atom.